The lowest BCUT2D eigenvalue weighted by molar-refractivity contribution is -0.146. The predicted molar refractivity (Wildman–Crippen MR) is 130 cm³/mol. The highest BCUT2D eigenvalue weighted by Crippen LogP contribution is 2.70. The minimum Gasteiger partial charge on any atom is -0.481 e. The highest BCUT2D eigenvalue weighted by Gasteiger charge is 2.69. The molecular weight excluding hydrogens is 476 g/mol. The van der Waals surface area contributed by atoms with Crippen LogP contribution in [-0.2, 0) is 4.79 Å². The highest BCUT2D eigenvalue weighted by molar-refractivity contribution is 8.24. The summed E-state index contributed by atoms with van der Waals surface area (Å²) in [6.07, 6.45) is 3.11. The number of nitrogens with one attached hydrogen (secondary N) is 1. The Bertz CT molecular complexity index is 1200. The minimum absolute atomic E-state index is 0.498. The van der Waals surface area contributed by atoms with Gasteiger partial charge in [0.1, 0.15) is 0 Å². The SMILES string of the molecule is C[C@H]1NS(O)(O)[C@]2(CC(=O)O)CC(F)(F)[C@@H](C)[C@H](C=Cc3ccc(-c4ccccc4C#N)cn3)[C@H]12. The Kier molecular flexibility index (Phi) is 6.49. The quantitative estimate of drug-likeness (QED) is 0.430. The maximum atomic E-state index is 15.2. The van der Waals surface area contributed by atoms with E-state index in [1.807, 2.05) is 12.1 Å². The topological polar surface area (TPSA) is 126 Å². The van der Waals surface area contributed by atoms with Crippen molar-refractivity contribution in [3.63, 3.8) is 0 Å². The molecule has 1 aliphatic carbocycles. The molecule has 4 rings (SSSR count). The van der Waals surface area contributed by atoms with Crippen LogP contribution in [0.4, 0.5) is 8.78 Å². The second-order valence-corrected chi connectivity index (χ2v) is 11.6. The molecule has 1 saturated carbocycles. The molecule has 1 aromatic carbocycles. The Balaban J connectivity index is 1.69. The number of aromatic nitrogens is 1. The van der Waals surface area contributed by atoms with Gasteiger partial charge in [0, 0.05) is 41.6 Å². The van der Waals surface area contributed by atoms with Gasteiger partial charge in [0.05, 0.1) is 28.5 Å². The number of pyridine rings is 1. The number of benzene rings is 1. The second kappa shape index (κ2) is 8.99. The maximum absolute atomic E-state index is 15.2. The maximum Gasteiger partial charge on any atom is 0.305 e. The van der Waals surface area contributed by atoms with Gasteiger partial charge >= 0.3 is 5.97 Å². The standard InChI is InChI=1S/C25H27F2N3O4S/c1-15-20(10-9-19-8-7-18(13-29-19)21-6-4-3-5-17(21)12-28)23-16(2)30-35(33,34)24(23,11-22(31)32)14-25(15,26)27/h3-10,13,15-16,20,23,30,33-34H,11,14H2,1-2H3,(H,31,32)/t15-,16+,20-,23-,24+/m0/s1. The molecule has 10 heteroatoms. The summed E-state index contributed by atoms with van der Waals surface area (Å²) in [5.74, 6) is -7.35. The summed E-state index contributed by atoms with van der Waals surface area (Å²) in [5.41, 5.74) is 2.47. The van der Waals surface area contributed by atoms with E-state index in [0.717, 1.165) is 11.1 Å². The molecule has 186 valence electrons. The zero-order chi connectivity index (χ0) is 25.6. The van der Waals surface area contributed by atoms with E-state index in [0.29, 0.717) is 11.3 Å². The van der Waals surface area contributed by atoms with E-state index < -0.39 is 64.1 Å². The van der Waals surface area contributed by atoms with Gasteiger partial charge in [-0.1, -0.05) is 37.3 Å². The van der Waals surface area contributed by atoms with Crippen LogP contribution in [0, 0.1) is 29.1 Å². The first-order valence-electron chi connectivity index (χ1n) is 11.2. The van der Waals surface area contributed by atoms with Crippen molar-refractivity contribution >= 4 is 22.8 Å². The summed E-state index contributed by atoms with van der Waals surface area (Å²) < 4.78 is 52.6. The normalized spacial score (nSPS) is 32.0. The number of carboxylic acids is 1. The van der Waals surface area contributed by atoms with Crippen molar-refractivity contribution in [3.05, 3.63) is 59.9 Å². The lowest BCUT2D eigenvalue weighted by Gasteiger charge is -2.54. The van der Waals surface area contributed by atoms with E-state index >= 15 is 8.78 Å². The first-order valence-corrected chi connectivity index (χ1v) is 12.7. The molecule has 4 N–H and O–H groups in total. The Morgan fingerprint density at radius 3 is 2.63 bits per heavy atom. The zero-order valence-corrected chi connectivity index (χ0v) is 20.0. The Labute approximate surface area is 204 Å². The summed E-state index contributed by atoms with van der Waals surface area (Å²) in [7, 11) is -3.79. The minimum atomic E-state index is -3.79. The van der Waals surface area contributed by atoms with Crippen molar-refractivity contribution in [2.24, 2.45) is 17.8 Å². The van der Waals surface area contributed by atoms with Gasteiger partial charge < -0.3 is 5.11 Å². The molecule has 0 radical (unpaired) electrons. The monoisotopic (exact) mass is 503 g/mol. The Morgan fingerprint density at radius 1 is 1.29 bits per heavy atom. The molecule has 1 aliphatic heterocycles. The van der Waals surface area contributed by atoms with Crippen LogP contribution >= 0.6 is 10.8 Å². The molecular formula is C25H27F2N3O4S. The van der Waals surface area contributed by atoms with E-state index in [1.54, 1.807) is 49.5 Å². The smallest absolute Gasteiger partial charge is 0.305 e. The number of rotatable bonds is 5. The van der Waals surface area contributed by atoms with Crippen LogP contribution < -0.4 is 4.72 Å². The first-order chi connectivity index (χ1) is 16.4. The number of carbonyl (C=O) groups is 1. The van der Waals surface area contributed by atoms with Gasteiger partial charge in [-0.05, 0) is 31.1 Å². The average Bonchev–Trinajstić information content (AvgIpc) is 2.97. The fourth-order valence-corrected chi connectivity index (χ4v) is 8.04. The number of carboxylic acid groups (broad SMARTS) is 1. The number of fused-ring (bicyclic) bond motifs is 1. The third-order valence-corrected chi connectivity index (χ3v) is 9.74. The summed E-state index contributed by atoms with van der Waals surface area (Å²) in [6.45, 7) is 3.07. The second-order valence-electron chi connectivity index (χ2n) is 9.41. The molecule has 0 spiro atoms. The van der Waals surface area contributed by atoms with Crippen molar-refractivity contribution < 1.29 is 27.8 Å². The zero-order valence-electron chi connectivity index (χ0n) is 19.2. The molecule has 2 aromatic rings. The van der Waals surface area contributed by atoms with Crippen LogP contribution in [0.1, 0.15) is 37.9 Å². The van der Waals surface area contributed by atoms with Crippen molar-refractivity contribution in [2.45, 2.75) is 43.4 Å². The van der Waals surface area contributed by atoms with Crippen LogP contribution in [0.15, 0.2) is 48.7 Å². The van der Waals surface area contributed by atoms with Gasteiger partial charge in [-0.25, -0.2) is 13.5 Å². The summed E-state index contributed by atoms with van der Waals surface area (Å²) in [5, 5.41) is 18.8. The summed E-state index contributed by atoms with van der Waals surface area (Å²) in [4.78, 5) is 16.0. The lowest BCUT2D eigenvalue weighted by atomic mass is 9.61. The van der Waals surface area contributed by atoms with Crippen LogP contribution in [-0.4, -0.2) is 41.9 Å². The predicted octanol–water partition coefficient (Wildman–Crippen LogP) is 5.41. The molecule has 35 heavy (non-hydrogen) atoms. The van der Waals surface area contributed by atoms with Crippen LogP contribution in [0.5, 0.6) is 0 Å². The molecule has 1 aromatic heterocycles. The van der Waals surface area contributed by atoms with Gasteiger partial charge in [-0.2, -0.15) is 5.26 Å². The number of hydrogen-bond acceptors (Lipinski definition) is 6. The van der Waals surface area contributed by atoms with Gasteiger partial charge in [-0.15, -0.1) is 10.8 Å². The lowest BCUT2D eigenvalue weighted by Crippen LogP contribution is -2.57. The molecule has 2 heterocycles. The molecule has 2 fully saturated rings. The molecule has 7 nitrogen and oxygen atoms in total. The molecule has 0 bridgehead atoms. The van der Waals surface area contributed by atoms with E-state index in [1.165, 1.54) is 6.92 Å². The number of nitrogens with zero attached hydrogens (tertiary/aromatic N) is 2. The van der Waals surface area contributed by atoms with Crippen LogP contribution in [0.25, 0.3) is 17.2 Å². The highest BCUT2D eigenvalue weighted by atomic mass is 32.3. The van der Waals surface area contributed by atoms with Crippen molar-refractivity contribution in [1.82, 2.24) is 9.71 Å². The van der Waals surface area contributed by atoms with E-state index in [9.17, 15) is 24.3 Å². The number of nitriles is 1. The fourth-order valence-electron chi connectivity index (χ4n) is 5.68. The van der Waals surface area contributed by atoms with Crippen molar-refractivity contribution in [2.75, 3.05) is 0 Å². The molecule has 2 aliphatic rings. The summed E-state index contributed by atoms with van der Waals surface area (Å²) in [6, 6.07) is 12.2. The molecule has 0 unspecified atom stereocenters. The Hall–Kier alpha value is -2.84. The van der Waals surface area contributed by atoms with Crippen LogP contribution in [0.2, 0.25) is 0 Å². The van der Waals surface area contributed by atoms with E-state index in [4.69, 9.17) is 0 Å². The number of alkyl halides is 2. The number of hydrogen-bond donors (Lipinski definition) is 4. The fraction of sp³-hybridized carbons (Fsp3) is 0.400. The van der Waals surface area contributed by atoms with E-state index in [2.05, 4.69) is 15.8 Å². The number of allylic oxidation sites excluding steroid dienone is 1. The number of halogens is 2. The van der Waals surface area contributed by atoms with Gasteiger partial charge in [0.2, 0.25) is 0 Å². The van der Waals surface area contributed by atoms with E-state index in [-0.39, 0.29) is 0 Å². The van der Waals surface area contributed by atoms with Gasteiger partial charge in [0.25, 0.3) is 5.92 Å². The van der Waals surface area contributed by atoms with Crippen molar-refractivity contribution in [1.29, 1.82) is 5.26 Å². The number of aliphatic carboxylic acids is 1. The van der Waals surface area contributed by atoms with Gasteiger partial charge in [0.15, 0.2) is 0 Å². The van der Waals surface area contributed by atoms with Gasteiger partial charge in [-0.3, -0.25) is 18.9 Å². The first kappa shape index (κ1) is 25.3. The average molecular weight is 504 g/mol. The Morgan fingerprint density at radius 2 is 2.00 bits per heavy atom. The van der Waals surface area contributed by atoms with Crippen LogP contribution in [0.3, 0.4) is 0 Å². The third-order valence-electron chi connectivity index (χ3n) is 7.34. The molecule has 1 saturated heterocycles. The van der Waals surface area contributed by atoms with Crippen molar-refractivity contribution in [3.8, 4) is 17.2 Å². The summed E-state index contributed by atoms with van der Waals surface area (Å²) >= 11 is 0. The molecule has 5 atom stereocenters. The molecule has 0 amide bonds. The third kappa shape index (κ3) is 4.34. The largest absolute Gasteiger partial charge is 0.481 e.